The van der Waals surface area contributed by atoms with Gasteiger partial charge in [-0.2, -0.15) is 0 Å². The van der Waals surface area contributed by atoms with E-state index in [4.69, 9.17) is 4.42 Å². The first-order valence-electron chi connectivity index (χ1n) is 7.03. The van der Waals surface area contributed by atoms with Gasteiger partial charge in [-0.15, -0.1) is 10.2 Å². The van der Waals surface area contributed by atoms with E-state index in [1.807, 2.05) is 0 Å². The van der Waals surface area contributed by atoms with Gasteiger partial charge in [0, 0.05) is 30.2 Å². The molecule has 2 aromatic rings. The van der Waals surface area contributed by atoms with Crippen LogP contribution in [0.5, 0.6) is 0 Å². The first-order chi connectivity index (χ1) is 10.2. The number of non-ortho nitro benzene ring substituents is 1. The predicted octanol–water partition coefficient (Wildman–Crippen LogP) is 2.33. The molecule has 0 spiro atoms. The molecule has 0 saturated heterocycles. The monoisotopic (exact) mass is 288 g/mol. The Bertz CT molecular complexity index is 619. The fourth-order valence-electron chi connectivity index (χ4n) is 2.03. The van der Waals surface area contributed by atoms with Crippen LogP contribution in [0.25, 0.3) is 11.5 Å². The maximum Gasteiger partial charge on any atom is 0.269 e. The molecule has 0 bridgehead atoms. The van der Waals surface area contributed by atoms with Crippen LogP contribution in [-0.4, -0.2) is 27.7 Å². The van der Waals surface area contributed by atoms with Gasteiger partial charge in [0.05, 0.1) is 4.92 Å². The van der Waals surface area contributed by atoms with Gasteiger partial charge in [0.25, 0.3) is 5.69 Å². The molecule has 21 heavy (non-hydrogen) atoms. The van der Waals surface area contributed by atoms with Crippen molar-refractivity contribution in [1.29, 1.82) is 0 Å². The van der Waals surface area contributed by atoms with Crippen LogP contribution in [0.1, 0.15) is 25.2 Å². The maximum absolute atomic E-state index is 10.6. The molecule has 1 saturated carbocycles. The van der Waals surface area contributed by atoms with Gasteiger partial charge in [-0.3, -0.25) is 10.1 Å². The van der Waals surface area contributed by atoms with Gasteiger partial charge in [-0.25, -0.2) is 0 Å². The SMILES string of the molecule is O=[N+]([O-])c1ccc(-c2nnc(CCCNC3CC3)o2)cc1. The van der Waals surface area contributed by atoms with E-state index in [-0.39, 0.29) is 5.69 Å². The van der Waals surface area contributed by atoms with Crippen molar-refractivity contribution in [3.8, 4) is 11.5 Å². The van der Waals surface area contributed by atoms with Crippen molar-refractivity contribution in [1.82, 2.24) is 15.5 Å². The van der Waals surface area contributed by atoms with Crippen molar-refractivity contribution >= 4 is 5.69 Å². The molecule has 7 heteroatoms. The highest BCUT2D eigenvalue weighted by Gasteiger charge is 2.19. The molecule has 0 aliphatic heterocycles. The van der Waals surface area contributed by atoms with Crippen LogP contribution in [0.2, 0.25) is 0 Å². The fraction of sp³-hybridized carbons (Fsp3) is 0.429. The summed E-state index contributed by atoms with van der Waals surface area (Å²) < 4.78 is 5.57. The number of hydrogen-bond donors (Lipinski definition) is 1. The van der Waals surface area contributed by atoms with E-state index < -0.39 is 4.92 Å². The van der Waals surface area contributed by atoms with Crippen molar-refractivity contribution in [3.63, 3.8) is 0 Å². The molecule has 1 aliphatic carbocycles. The number of benzene rings is 1. The van der Waals surface area contributed by atoms with Crippen LogP contribution >= 0.6 is 0 Å². The average Bonchev–Trinajstić information content (AvgIpc) is 3.20. The summed E-state index contributed by atoms with van der Waals surface area (Å²) in [7, 11) is 0. The standard InChI is InChI=1S/C14H16N4O3/c19-18(20)12-7-3-10(4-8-12)14-17-16-13(21-14)2-1-9-15-11-5-6-11/h3-4,7-8,11,15H,1-2,5-6,9H2. The molecule has 1 aromatic heterocycles. The first kappa shape index (κ1) is 13.7. The Hall–Kier alpha value is -2.28. The Labute approximate surface area is 121 Å². The van der Waals surface area contributed by atoms with Gasteiger partial charge in [-0.1, -0.05) is 0 Å². The number of nitrogens with one attached hydrogen (secondary N) is 1. The summed E-state index contributed by atoms with van der Waals surface area (Å²) in [5.41, 5.74) is 0.736. The summed E-state index contributed by atoms with van der Waals surface area (Å²) in [6, 6.07) is 6.80. The zero-order chi connectivity index (χ0) is 14.7. The van der Waals surface area contributed by atoms with Gasteiger partial charge in [0.15, 0.2) is 0 Å². The molecule has 3 rings (SSSR count). The third kappa shape index (κ3) is 3.63. The topological polar surface area (TPSA) is 94.1 Å². The molecule has 0 radical (unpaired) electrons. The first-order valence-corrected chi connectivity index (χ1v) is 7.03. The second-order valence-electron chi connectivity index (χ2n) is 5.14. The molecule has 0 amide bonds. The molecule has 1 aromatic carbocycles. The summed E-state index contributed by atoms with van der Waals surface area (Å²) in [6.45, 7) is 0.958. The number of aryl methyl sites for hydroxylation is 1. The highest BCUT2D eigenvalue weighted by Crippen LogP contribution is 2.21. The molecule has 0 atom stereocenters. The number of nitro benzene ring substituents is 1. The third-order valence-corrected chi connectivity index (χ3v) is 3.37. The fourth-order valence-corrected chi connectivity index (χ4v) is 2.03. The Morgan fingerprint density at radius 3 is 2.71 bits per heavy atom. The van der Waals surface area contributed by atoms with E-state index in [9.17, 15) is 10.1 Å². The molecular weight excluding hydrogens is 272 g/mol. The van der Waals surface area contributed by atoms with Crippen LogP contribution in [0, 0.1) is 10.1 Å². The minimum Gasteiger partial charge on any atom is -0.421 e. The molecule has 1 aliphatic rings. The molecule has 7 nitrogen and oxygen atoms in total. The van der Waals surface area contributed by atoms with Gasteiger partial charge in [0.1, 0.15) is 0 Å². The van der Waals surface area contributed by atoms with Crippen LogP contribution in [-0.2, 0) is 6.42 Å². The molecule has 1 fully saturated rings. The van der Waals surface area contributed by atoms with Crippen LogP contribution in [0.4, 0.5) is 5.69 Å². The average molecular weight is 288 g/mol. The molecular formula is C14H16N4O3. The number of rotatable bonds is 7. The zero-order valence-electron chi connectivity index (χ0n) is 11.5. The van der Waals surface area contributed by atoms with Crippen molar-refractivity contribution < 1.29 is 9.34 Å². The minimum absolute atomic E-state index is 0.0460. The lowest BCUT2D eigenvalue weighted by molar-refractivity contribution is -0.384. The minimum atomic E-state index is -0.435. The summed E-state index contributed by atoms with van der Waals surface area (Å²) in [4.78, 5) is 10.2. The van der Waals surface area contributed by atoms with Gasteiger partial charge in [0.2, 0.25) is 11.8 Å². The number of nitro groups is 1. The van der Waals surface area contributed by atoms with E-state index in [1.165, 1.54) is 25.0 Å². The Balaban J connectivity index is 1.56. The molecule has 1 N–H and O–H groups in total. The second-order valence-corrected chi connectivity index (χ2v) is 5.14. The van der Waals surface area contributed by atoms with Gasteiger partial charge in [-0.05, 0) is 37.9 Å². The lowest BCUT2D eigenvalue weighted by Gasteiger charge is -1.99. The summed E-state index contributed by atoms with van der Waals surface area (Å²) in [5.74, 6) is 0.996. The normalized spacial score (nSPS) is 14.3. The Kier molecular flexibility index (Phi) is 3.92. The van der Waals surface area contributed by atoms with Crippen LogP contribution < -0.4 is 5.32 Å². The zero-order valence-corrected chi connectivity index (χ0v) is 11.5. The summed E-state index contributed by atoms with van der Waals surface area (Å²) >= 11 is 0. The van der Waals surface area contributed by atoms with Crippen LogP contribution in [0.15, 0.2) is 28.7 Å². The van der Waals surface area contributed by atoms with Gasteiger partial charge >= 0.3 is 0 Å². The van der Waals surface area contributed by atoms with Crippen molar-refractivity contribution in [2.45, 2.75) is 31.7 Å². The van der Waals surface area contributed by atoms with E-state index in [2.05, 4.69) is 15.5 Å². The quantitative estimate of drug-likeness (QED) is 0.477. The summed E-state index contributed by atoms with van der Waals surface area (Å²) in [5, 5.41) is 22.0. The highest BCUT2D eigenvalue weighted by atomic mass is 16.6. The second kappa shape index (κ2) is 6.01. The van der Waals surface area contributed by atoms with Gasteiger partial charge < -0.3 is 9.73 Å². The third-order valence-electron chi connectivity index (χ3n) is 3.37. The van der Waals surface area contributed by atoms with E-state index in [0.717, 1.165) is 19.4 Å². The Morgan fingerprint density at radius 2 is 2.05 bits per heavy atom. The Morgan fingerprint density at radius 1 is 1.29 bits per heavy atom. The number of hydrogen-bond acceptors (Lipinski definition) is 6. The lowest BCUT2D eigenvalue weighted by atomic mass is 10.2. The van der Waals surface area contributed by atoms with E-state index in [0.29, 0.717) is 23.4 Å². The highest BCUT2D eigenvalue weighted by molar-refractivity contribution is 5.55. The van der Waals surface area contributed by atoms with Crippen molar-refractivity contribution in [3.05, 3.63) is 40.3 Å². The number of aromatic nitrogens is 2. The van der Waals surface area contributed by atoms with E-state index in [1.54, 1.807) is 12.1 Å². The molecule has 110 valence electrons. The number of nitrogens with zero attached hydrogens (tertiary/aromatic N) is 3. The largest absolute Gasteiger partial charge is 0.421 e. The molecule has 0 unspecified atom stereocenters. The van der Waals surface area contributed by atoms with E-state index >= 15 is 0 Å². The molecule has 1 heterocycles. The maximum atomic E-state index is 10.6. The summed E-state index contributed by atoms with van der Waals surface area (Å²) in [6.07, 6.45) is 4.26. The van der Waals surface area contributed by atoms with Crippen molar-refractivity contribution in [2.75, 3.05) is 6.54 Å². The van der Waals surface area contributed by atoms with Crippen LogP contribution in [0.3, 0.4) is 0 Å². The van der Waals surface area contributed by atoms with Crippen molar-refractivity contribution in [2.24, 2.45) is 0 Å². The lowest BCUT2D eigenvalue weighted by Crippen LogP contribution is -2.17. The predicted molar refractivity (Wildman–Crippen MR) is 75.7 cm³/mol. The smallest absolute Gasteiger partial charge is 0.269 e.